The molecule has 2 aromatic carbocycles. The number of halogens is 1. The number of benzene rings is 2. The van der Waals surface area contributed by atoms with Gasteiger partial charge in [0.1, 0.15) is 11.9 Å². The molecule has 2 N–H and O–H groups in total. The topological polar surface area (TPSA) is 68.4 Å². The number of hydrogen-bond donors (Lipinski definition) is 2. The Labute approximate surface area is 201 Å². The van der Waals surface area contributed by atoms with Gasteiger partial charge in [0.05, 0.1) is 10.6 Å². The van der Waals surface area contributed by atoms with E-state index in [1.54, 1.807) is 23.1 Å². The first-order chi connectivity index (χ1) is 16.6. The maximum absolute atomic E-state index is 14.2. The molecule has 34 heavy (non-hydrogen) atoms. The van der Waals surface area contributed by atoms with Gasteiger partial charge in [-0.2, -0.15) is 0 Å². The van der Waals surface area contributed by atoms with Gasteiger partial charge in [-0.1, -0.05) is 36.4 Å². The third kappa shape index (κ3) is 4.54. The summed E-state index contributed by atoms with van der Waals surface area (Å²) in [6.45, 7) is 2.00. The number of carbonyl (C=O) groups is 2. The number of piperazine rings is 1. The van der Waals surface area contributed by atoms with Gasteiger partial charge in [0, 0.05) is 49.7 Å². The number of nitrogens with one attached hydrogen (secondary N) is 2. The van der Waals surface area contributed by atoms with Gasteiger partial charge in [-0.05, 0) is 35.2 Å². The van der Waals surface area contributed by atoms with Crippen LogP contribution in [0.5, 0.6) is 0 Å². The molecule has 6 nitrogen and oxygen atoms in total. The van der Waals surface area contributed by atoms with Crippen LogP contribution in [-0.2, 0) is 11.2 Å². The predicted octanol–water partition coefficient (Wildman–Crippen LogP) is 4.06. The molecule has 0 aliphatic carbocycles. The highest BCUT2D eigenvalue weighted by atomic mass is 32.1. The second-order valence-corrected chi connectivity index (χ2v) is 9.28. The van der Waals surface area contributed by atoms with Crippen LogP contribution in [0.3, 0.4) is 0 Å². The van der Waals surface area contributed by atoms with Crippen molar-refractivity contribution in [1.82, 2.24) is 15.2 Å². The van der Waals surface area contributed by atoms with Gasteiger partial charge >= 0.3 is 0 Å². The molecule has 1 aliphatic heterocycles. The Morgan fingerprint density at radius 3 is 2.53 bits per heavy atom. The smallest absolute Gasteiger partial charge is 0.262 e. The van der Waals surface area contributed by atoms with E-state index in [9.17, 15) is 14.0 Å². The second kappa shape index (κ2) is 9.69. The fourth-order valence-corrected chi connectivity index (χ4v) is 5.08. The number of H-pyrrole nitrogens is 1. The van der Waals surface area contributed by atoms with Crippen LogP contribution < -0.4 is 10.2 Å². The number of nitrogens with zero attached hydrogens (tertiary/aromatic N) is 2. The number of hydrogen-bond acceptors (Lipinski definition) is 4. The van der Waals surface area contributed by atoms with E-state index in [0.29, 0.717) is 43.2 Å². The number of aromatic amines is 1. The first kappa shape index (κ1) is 22.2. The summed E-state index contributed by atoms with van der Waals surface area (Å²) in [5.74, 6) is -0.635. The van der Waals surface area contributed by atoms with E-state index in [1.807, 2.05) is 52.9 Å². The van der Waals surface area contributed by atoms with E-state index in [4.69, 9.17) is 0 Å². The van der Waals surface area contributed by atoms with Crippen molar-refractivity contribution in [3.05, 3.63) is 88.5 Å². The quantitative estimate of drug-likeness (QED) is 0.441. The van der Waals surface area contributed by atoms with Crippen LogP contribution in [-0.4, -0.2) is 53.9 Å². The third-order valence-electron chi connectivity index (χ3n) is 6.23. The summed E-state index contributed by atoms with van der Waals surface area (Å²) in [6, 6.07) is 17.5. The minimum Gasteiger partial charge on any atom is -0.366 e. The number of carbonyl (C=O) groups excluding carboxylic acids is 2. The maximum Gasteiger partial charge on any atom is 0.262 e. The summed E-state index contributed by atoms with van der Waals surface area (Å²) in [7, 11) is 0. The van der Waals surface area contributed by atoms with Crippen molar-refractivity contribution in [2.45, 2.75) is 12.5 Å². The molecule has 0 saturated carbocycles. The van der Waals surface area contributed by atoms with Crippen molar-refractivity contribution < 1.29 is 14.0 Å². The Morgan fingerprint density at radius 1 is 1.00 bits per heavy atom. The monoisotopic (exact) mass is 476 g/mol. The molecule has 8 heteroatoms. The van der Waals surface area contributed by atoms with E-state index in [-0.39, 0.29) is 17.6 Å². The van der Waals surface area contributed by atoms with Gasteiger partial charge in [-0.3, -0.25) is 9.59 Å². The van der Waals surface area contributed by atoms with E-state index >= 15 is 0 Å². The van der Waals surface area contributed by atoms with E-state index in [2.05, 4.69) is 10.3 Å². The van der Waals surface area contributed by atoms with Gasteiger partial charge in [0.15, 0.2) is 0 Å². The van der Waals surface area contributed by atoms with Crippen LogP contribution in [0.1, 0.15) is 15.2 Å². The van der Waals surface area contributed by atoms with Gasteiger partial charge in [-0.15, -0.1) is 11.3 Å². The molecule has 174 valence electrons. The number of fused-ring (bicyclic) bond motifs is 1. The lowest BCUT2D eigenvalue weighted by Crippen LogP contribution is -2.55. The molecule has 3 heterocycles. The minimum absolute atomic E-state index is 0.122. The molecule has 1 fully saturated rings. The summed E-state index contributed by atoms with van der Waals surface area (Å²) < 4.78 is 14.2. The first-order valence-corrected chi connectivity index (χ1v) is 12.2. The summed E-state index contributed by atoms with van der Waals surface area (Å²) in [5, 5.41) is 5.84. The Hall–Kier alpha value is -3.65. The molecule has 0 spiro atoms. The zero-order valence-electron chi connectivity index (χ0n) is 18.5. The van der Waals surface area contributed by atoms with Crippen LogP contribution in [0.25, 0.3) is 10.9 Å². The van der Waals surface area contributed by atoms with Crippen LogP contribution >= 0.6 is 11.3 Å². The normalized spacial score (nSPS) is 14.9. The Bertz CT molecular complexity index is 1300. The van der Waals surface area contributed by atoms with Crippen LogP contribution in [0.15, 0.2) is 72.2 Å². The summed E-state index contributed by atoms with van der Waals surface area (Å²) in [6.07, 6.45) is 2.28. The highest BCUT2D eigenvalue weighted by molar-refractivity contribution is 7.12. The fourth-order valence-electron chi connectivity index (χ4n) is 4.45. The van der Waals surface area contributed by atoms with Crippen LogP contribution in [0, 0.1) is 5.82 Å². The molecule has 5 rings (SSSR count). The van der Waals surface area contributed by atoms with Crippen molar-refractivity contribution in [3.63, 3.8) is 0 Å². The highest BCUT2D eigenvalue weighted by Gasteiger charge is 2.30. The summed E-state index contributed by atoms with van der Waals surface area (Å²) in [5.41, 5.74) is 2.52. The molecule has 1 aliphatic rings. The molecule has 2 amide bonds. The molecule has 1 saturated heterocycles. The zero-order chi connectivity index (χ0) is 23.5. The molecule has 0 radical (unpaired) electrons. The SMILES string of the molecule is O=C(N[C@@H](Cc1c[nH]c2ccccc12)C(=O)N1CCN(c2ccccc2F)CC1)c1cccs1. The van der Waals surface area contributed by atoms with Crippen molar-refractivity contribution in [1.29, 1.82) is 0 Å². The number of aromatic nitrogens is 1. The Balaban J connectivity index is 1.33. The number of thiophene rings is 1. The van der Waals surface area contributed by atoms with Gasteiger partial charge < -0.3 is 20.1 Å². The number of amides is 2. The molecule has 1 atom stereocenters. The number of rotatable bonds is 6. The van der Waals surface area contributed by atoms with E-state index in [0.717, 1.165) is 16.5 Å². The van der Waals surface area contributed by atoms with E-state index < -0.39 is 6.04 Å². The average molecular weight is 477 g/mol. The van der Waals surface area contributed by atoms with Crippen molar-refractivity contribution in [3.8, 4) is 0 Å². The fraction of sp³-hybridized carbons (Fsp3) is 0.231. The van der Waals surface area contributed by atoms with Crippen LogP contribution in [0.2, 0.25) is 0 Å². The number of para-hydroxylation sites is 2. The highest BCUT2D eigenvalue weighted by Crippen LogP contribution is 2.22. The molecule has 0 unspecified atom stereocenters. The third-order valence-corrected chi connectivity index (χ3v) is 7.10. The second-order valence-electron chi connectivity index (χ2n) is 8.33. The Morgan fingerprint density at radius 2 is 1.76 bits per heavy atom. The molecule has 0 bridgehead atoms. The summed E-state index contributed by atoms with van der Waals surface area (Å²) >= 11 is 1.34. The maximum atomic E-state index is 14.2. The van der Waals surface area contributed by atoms with Crippen LogP contribution in [0.4, 0.5) is 10.1 Å². The predicted molar refractivity (Wildman–Crippen MR) is 133 cm³/mol. The van der Waals surface area contributed by atoms with Gasteiger partial charge in [0.2, 0.25) is 5.91 Å². The largest absolute Gasteiger partial charge is 0.366 e. The zero-order valence-corrected chi connectivity index (χ0v) is 19.4. The minimum atomic E-state index is -0.700. The van der Waals surface area contributed by atoms with Crippen molar-refractivity contribution in [2.75, 3.05) is 31.1 Å². The van der Waals surface area contributed by atoms with Gasteiger partial charge in [-0.25, -0.2) is 4.39 Å². The van der Waals surface area contributed by atoms with Gasteiger partial charge in [0.25, 0.3) is 5.91 Å². The molecular formula is C26H25FN4O2S. The number of anilines is 1. The standard InChI is InChI=1S/C26H25FN4O2S/c27-20-7-2-4-9-23(20)30-11-13-31(14-12-30)26(33)22(29-25(32)24-10-5-15-34-24)16-18-17-28-21-8-3-1-6-19(18)21/h1-10,15,17,22,28H,11-14,16H2,(H,29,32)/t22-/m0/s1. The van der Waals surface area contributed by atoms with Crippen molar-refractivity contribution >= 4 is 39.7 Å². The lowest BCUT2D eigenvalue weighted by Gasteiger charge is -2.37. The first-order valence-electron chi connectivity index (χ1n) is 11.3. The Kier molecular flexibility index (Phi) is 6.31. The lowest BCUT2D eigenvalue weighted by molar-refractivity contribution is -0.133. The summed E-state index contributed by atoms with van der Waals surface area (Å²) in [4.78, 5) is 34.0. The average Bonchev–Trinajstić information content (AvgIpc) is 3.55. The molecular weight excluding hydrogens is 451 g/mol. The van der Waals surface area contributed by atoms with E-state index in [1.165, 1.54) is 17.4 Å². The lowest BCUT2D eigenvalue weighted by atomic mass is 10.0. The molecule has 2 aromatic heterocycles. The molecule has 4 aromatic rings. The van der Waals surface area contributed by atoms with Crippen molar-refractivity contribution in [2.24, 2.45) is 0 Å².